The van der Waals surface area contributed by atoms with Gasteiger partial charge in [0, 0.05) is 17.8 Å². The molecule has 0 aliphatic heterocycles. The number of nitrogens with zero attached hydrogens (tertiary/aromatic N) is 2. The zero-order chi connectivity index (χ0) is 16.1. The van der Waals surface area contributed by atoms with Crippen molar-refractivity contribution in [3.05, 3.63) is 41.7 Å². The number of carbonyl (C=O) groups excluding carboxylic acids is 1. The molecule has 0 aliphatic carbocycles. The maximum absolute atomic E-state index is 13.3. The van der Waals surface area contributed by atoms with E-state index in [0.717, 1.165) is 0 Å². The molecule has 0 atom stereocenters. The third-order valence-corrected chi connectivity index (χ3v) is 3.55. The van der Waals surface area contributed by atoms with Gasteiger partial charge in [-0.1, -0.05) is 18.2 Å². The van der Waals surface area contributed by atoms with Gasteiger partial charge in [0.2, 0.25) is 0 Å². The lowest BCUT2D eigenvalue weighted by Gasteiger charge is -2.11. The summed E-state index contributed by atoms with van der Waals surface area (Å²) >= 11 is 0. The summed E-state index contributed by atoms with van der Waals surface area (Å²) in [6.07, 6.45) is -4.62. The van der Waals surface area contributed by atoms with Crippen LogP contribution in [0.2, 0.25) is 0 Å². The molecule has 0 fully saturated rings. The highest BCUT2D eigenvalue weighted by atomic mass is 19.4. The first-order valence-electron chi connectivity index (χ1n) is 6.38. The number of methoxy groups -OCH3 is 1. The van der Waals surface area contributed by atoms with Crippen molar-refractivity contribution in [2.45, 2.75) is 6.18 Å². The monoisotopic (exact) mass is 308 g/mol. The fourth-order valence-electron chi connectivity index (χ4n) is 2.57. The van der Waals surface area contributed by atoms with Gasteiger partial charge in [-0.15, -0.1) is 0 Å². The number of pyridine rings is 1. The van der Waals surface area contributed by atoms with Crippen molar-refractivity contribution in [3.63, 3.8) is 0 Å². The van der Waals surface area contributed by atoms with Gasteiger partial charge in [-0.2, -0.15) is 13.2 Å². The van der Waals surface area contributed by atoms with Gasteiger partial charge in [0.15, 0.2) is 5.69 Å². The van der Waals surface area contributed by atoms with Crippen LogP contribution >= 0.6 is 0 Å². The molecule has 0 spiro atoms. The second-order valence-corrected chi connectivity index (χ2v) is 4.82. The van der Waals surface area contributed by atoms with Crippen molar-refractivity contribution in [2.24, 2.45) is 7.05 Å². The van der Waals surface area contributed by atoms with Gasteiger partial charge in [0.05, 0.1) is 18.1 Å². The van der Waals surface area contributed by atoms with Crippen LogP contribution in [-0.4, -0.2) is 22.6 Å². The molecule has 0 amide bonds. The number of carbonyl (C=O) groups is 1. The molecule has 0 radical (unpaired) electrons. The second-order valence-electron chi connectivity index (χ2n) is 4.82. The van der Waals surface area contributed by atoms with E-state index in [0.29, 0.717) is 10.8 Å². The van der Waals surface area contributed by atoms with Crippen LogP contribution in [0.5, 0.6) is 0 Å². The zero-order valence-electron chi connectivity index (χ0n) is 11.7. The summed E-state index contributed by atoms with van der Waals surface area (Å²) in [5, 5.41) is 0.872. The normalized spacial score (nSPS) is 12.0. The molecule has 1 aromatic carbocycles. The average Bonchev–Trinajstić information content (AvgIpc) is 2.83. The Labute approximate surface area is 123 Å². The van der Waals surface area contributed by atoms with Crippen molar-refractivity contribution >= 4 is 27.8 Å². The summed E-state index contributed by atoms with van der Waals surface area (Å²) in [5.74, 6) is -0.698. The molecular formula is C15H11F3N2O2. The van der Waals surface area contributed by atoms with Gasteiger partial charge >= 0.3 is 12.1 Å². The van der Waals surface area contributed by atoms with Crippen LogP contribution in [0.25, 0.3) is 21.8 Å². The van der Waals surface area contributed by atoms with Crippen molar-refractivity contribution in [1.29, 1.82) is 0 Å². The summed E-state index contributed by atoms with van der Waals surface area (Å²) in [6, 6.07) is 7.91. The largest absolute Gasteiger partial charge is 0.464 e. The number of aryl methyl sites for hydroxylation is 1. The van der Waals surface area contributed by atoms with Gasteiger partial charge < -0.3 is 9.30 Å². The molecule has 0 aliphatic rings. The van der Waals surface area contributed by atoms with Crippen molar-refractivity contribution < 1.29 is 22.7 Å². The van der Waals surface area contributed by atoms with Crippen LogP contribution in [0.4, 0.5) is 13.2 Å². The van der Waals surface area contributed by atoms with Gasteiger partial charge in [-0.3, -0.25) is 0 Å². The molecule has 0 unspecified atom stereocenters. The maximum Gasteiger partial charge on any atom is 0.435 e. The topological polar surface area (TPSA) is 44.1 Å². The number of aromatic nitrogens is 2. The highest BCUT2D eigenvalue weighted by molar-refractivity contribution is 6.09. The standard InChI is InChI=1S/C15H11F3N2O2/c1-20-11(14(21)22-2)7-9-8-5-3-4-6-10(8)19-13(12(9)20)15(16,17)18/h3-7H,1-2H3. The molecule has 2 aromatic heterocycles. The van der Waals surface area contributed by atoms with E-state index in [4.69, 9.17) is 0 Å². The van der Waals surface area contributed by atoms with Crippen molar-refractivity contribution in [2.75, 3.05) is 7.11 Å². The van der Waals surface area contributed by atoms with Crippen LogP contribution < -0.4 is 0 Å². The molecule has 3 rings (SSSR count). The molecule has 0 saturated carbocycles. The fourth-order valence-corrected chi connectivity index (χ4v) is 2.57. The van der Waals surface area contributed by atoms with E-state index in [1.54, 1.807) is 18.2 Å². The summed E-state index contributed by atoms with van der Waals surface area (Å²) in [5.41, 5.74) is -0.879. The lowest BCUT2D eigenvalue weighted by molar-refractivity contribution is -0.139. The highest BCUT2D eigenvalue weighted by Crippen LogP contribution is 2.37. The summed E-state index contributed by atoms with van der Waals surface area (Å²) < 4.78 is 45.8. The number of hydrogen-bond acceptors (Lipinski definition) is 3. The van der Waals surface area contributed by atoms with Gasteiger partial charge in [0.25, 0.3) is 0 Å². The molecule has 3 aromatic rings. The summed E-state index contributed by atoms with van der Waals surface area (Å²) in [7, 11) is 2.57. The van der Waals surface area contributed by atoms with Crippen LogP contribution in [-0.2, 0) is 18.0 Å². The molecule has 114 valence electrons. The first kappa shape index (κ1) is 14.4. The van der Waals surface area contributed by atoms with Crippen molar-refractivity contribution in [3.8, 4) is 0 Å². The lowest BCUT2D eigenvalue weighted by Crippen LogP contribution is -2.13. The Hall–Kier alpha value is -2.57. The Morgan fingerprint density at radius 2 is 1.91 bits per heavy atom. The Balaban J connectivity index is 2.52. The van der Waals surface area contributed by atoms with Crippen molar-refractivity contribution in [1.82, 2.24) is 9.55 Å². The zero-order valence-corrected chi connectivity index (χ0v) is 11.7. The van der Waals surface area contributed by atoms with E-state index in [1.807, 2.05) is 0 Å². The van der Waals surface area contributed by atoms with Crippen LogP contribution in [0.3, 0.4) is 0 Å². The molecule has 4 nitrogen and oxygen atoms in total. The first-order chi connectivity index (χ1) is 10.3. The molecule has 0 N–H and O–H groups in total. The number of alkyl halides is 3. The first-order valence-corrected chi connectivity index (χ1v) is 6.38. The Bertz CT molecular complexity index is 897. The van der Waals surface area contributed by atoms with E-state index in [2.05, 4.69) is 9.72 Å². The number of halogens is 3. The molecule has 22 heavy (non-hydrogen) atoms. The van der Waals surface area contributed by atoms with Crippen LogP contribution in [0, 0.1) is 0 Å². The number of rotatable bonds is 1. The van der Waals surface area contributed by atoms with E-state index in [9.17, 15) is 18.0 Å². The molecule has 0 bridgehead atoms. The van der Waals surface area contributed by atoms with E-state index < -0.39 is 17.8 Å². The predicted molar refractivity (Wildman–Crippen MR) is 74.6 cm³/mol. The minimum atomic E-state index is -4.62. The predicted octanol–water partition coefficient (Wildman–Crippen LogP) is 3.53. The number of para-hydroxylation sites is 1. The van der Waals surface area contributed by atoms with E-state index in [1.165, 1.54) is 30.9 Å². The molecule has 7 heteroatoms. The minimum Gasteiger partial charge on any atom is -0.464 e. The van der Waals surface area contributed by atoms with Crippen LogP contribution in [0.1, 0.15) is 16.2 Å². The Kier molecular flexibility index (Phi) is 3.09. The molecule has 2 heterocycles. The van der Waals surface area contributed by atoms with E-state index >= 15 is 0 Å². The average molecular weight is 308 g/mol. The Morgan fingerprint density at radius 3 is 2.55 bits per heavy atom. The SMILES string of the molecule is COC(=O)c1cc2c3ccccc3nc(C(F)(F)F)c2n1C. The number of hydrogen-bond donors (Lipinski definition) is 0. The number of esters is 1. The van der Waals surface area contributed by atoms with E-state index in [-0.39, 0.29) is 16.7 Å². The van der Waals surface area contributed by atoms with Gasteiger partial charge in [-0.25, -0.2) is 9.78 Å². The number of fused-ring (bicyclic) bond motifs is 3. The lowest BCUT2D eigenvalue weighted by atomic mass is 10.1. The Morgan fingerprint density at radius 1 is 1.23 bits per heavy atom. The maximum atomic E-state index is 13.3. The second kappa shape index (κ2) is 4.72. The summed E-state index contributed by atoms with van der Waals surface area (Å²) in [6.45, 7) is 0. The fraction of sp³-hybridized carbons (Fsp3) is 0.200. The third-order valence-electron chi connectivity index (χ3n) is 3.55. The number of benzene rings is 1. The summed E-state index contributed by atoms with van der Waals surface area (Å²) in [4.78, 5) is 15.5. The van der Waals surface area contributed by atoms with Gasteiger partial charge in [-0.05, 0) is 12.1 Å². The minimum absolute atomic E-state index is 0.0427. The quantitative estimate of drug-likeness (QED) is 0.646. The highest BCUT2D eigenvalue weighted by Gasteiger charge is 2.37. The van der Waals surface area contributed by atoms with Crippen LogP contribution in [0.15, 0.2) is 30.3 Å². The molecular weight excluding hydrogens is 297 g/mol. The smallest absolute Gasteiger partial charge is 0.435 e. The number of ether oxygens (including phenoxy) is 1. The molecule has 0 saturated heterocycles. The van der Waals surface area contributed by atoms with Gasteiger partial charge in [0.1, 0.15) is 5.69 Å². The third kappa shape index (κ3) is 2.01.